The lowest BCUT2D eigenvalue weighted by Gasteiger charge is -2.29. The molecule has 35 heavy (non-hydrogen) atoms. The molecule has 0 saturated heterocycles. The van der Waals surface area contributed by atoms with Gasteiger partial charge in [-0.25, -0.2) is 23.9 Å². The van der Waals surface area contributed by atoms with Crippen molar-refractivity contribution in [2.75, 3.05) is 20.3 Å². The number of amides is 2. The molecule has 0 aliphatic carbocycles. The maximum atomic E-state index is 12.9. The van der Waals surface area contributed by atoms with Crippen molar-refractivity contribution in [3.05, 3.63) is 64.4 Å². The standard InChI is InChI=1S/C23H24N6O6/c1-5-34-20(30)17-16(25-23(32)26-18(17)14-6-8-15(33-4)9-7-14)11-35-21(31)19-27-22-24-12(2)10-13(3)29(22)28-19/h6-10,18H,5,11H2,1-4H3,(H2,25,26,32). The van der Waals surface area contributed by atoms with Crippen LogP contribution in [0, 0.1) is 13.8 Å². The van der Waals surface area contributed by atoms with Crippen LogP contribution in [0.5, 0.6) is 5.75 Å². The SMILES string of the molecule is CCOC(=O)C1=C(COC(=O)c2nc3nc(C)cc(C)n3n2)NC(=O)NC1c1ccc(OC)cc1. The molecule has 12 heteroatoms. The van der Waals surface area contributed by atoms with Crippen molar-refractivity contribution in [2.45, 2.75) is 26.8 Å². The largest absolute Gasteiger partial charge is 0.497 e. The summed E-state index contributed by atoms with van der Waals surface area (Å²) in [5.41, 5.74) is 2.30. The molecule has 4 rings (SSSR count). The number of methoxy groups -OCH3 is 1. The summed E-state index contributed by atoms with van der Waals surface area (Å²) < 4.78 is 17.2. The third kappa shape index (κ3) is 4.90. The van der Waals surface area contributed by atoms with Crippen LogP contribution in [0.3, 0.4) is 0 Å². The summed E-state index contributed by atoms with van der Waals surface area (Å²) in [6.07, 6.45) is 0. The van der Waals surface area contributed by atoms with Crippen molar-refractivity contribution in [1.82, 2.24) is 30.2 Å². The van der Waals surface area contributed by atoms with Crippen molar-refractivity contribution in [3.8, 4) is 5.75 Å². The summed E-state index contributed by atoms with van der Waals surface area (Å²) in [5, 5.41) is 9.40. The molecule has 0 fully saturated rings. The molecule has 2 aromatic heterocycles. The van der Waals surface area contributed by atoms with Crippen LogP contribution in [0.2, 0.25) is 0 Å². The highest BCUT2D eigenvalue weighted by Gasteiger charge is 2.34. The second kappa shape index (κ2) is 9.79. The van der Waals surface area contributed by atoms with E-state index in [1.807, 2.05) is 13.8 Å². The zero-order valence-corrected chi connectivity index (χ0v) is 19.6. The fraction of sp³-hybridized carbons (Fsp3) is 0.304. The first kappa shape index (κ1) is 23.7. The minimum atomic E-state index is -0.836. The summed E-state index contributed by atoms with van der Waals surface area (Å²) in [5.74, 6) is -0.818. The molecule has 1 atom stereocenters. The molecule has 1 aliphatic rings. The number of urea groups is 1. The topological polar surface area (TPSA) is 146 Å². The average molecular weight is 480 g/mol. The lowest BCUT2D eigenvalue weighted by Crippen LogP contribution is -2.47. The molecule has 1 unspecified atom stereocenters. The van der Waals surface area contributed by atoms with Gasteiger partial charge >= 0.3 is 18.0 Å². The summed E-state index contributed by atoms with van der Waals surface area (Å²) >= 11 is 0. The molecule has 2 N–H and O–H groups in total. The molecule has 3 aromatic rings. The highest BCUT2D eigenvalue weighted by molar-refractivity contribution is 5.95. The number of hydrogen-bond donors (Lipinski definition) is 2. The molecule has 0 bridgehead atoms. The van der Waals surface area contributed by atoms with Gasteiger partial charge in [0.15, 0.2) is 0 Å². The lowest BCUT2D eigenvalue weighted by molar-refractivity contribution is -0.139. The highest BCUT2D eigenvalue weighted by atomic mass is 16.5. The van der Waals surface area contributed by atoms with E-state index in [0.717, 1.165) is 11.4 Å². The average Bonchev–Trinajstić information content (AvgIpc) is 3.27. The number of benzene rings is 1. The van der Waals surface area contributed by atoms with Gasteiger partial charge in [-0.2, -0.15) is 4.98 Å². The van der Waals surface area contributed by atoms with Crippen LogP contribution in [0.1, 0.15) is 40.5 Å². The molecule has 0 saturated carbocycles. The third-order valence-electron chi connectivity index (χ3n) is 5.25. The van der Waals surface area contributed by atoms with E-state index in [-0.39, 0.29) is 29.5 Å². The van der Waals surface area contributed by atoms with Crippen LogP contribution < -0.4 is 15.4 Å². The molecular formula is C23H24N6O6. The number of aryl methyl sites for hydroxylation is 2. The number of nitrogens with zero attached hydrogens (tertiary/aromatic N) is 4. The van der Waals surface area contributed by atoms with E-state index >= 15 is 0 Å². The maximum absolute atomic E-state index is 12.9. The van der Waals surface area contributed by atoms with Gasteiger partial charge in [-0.05, 0) is 44.5 Å². The third-order valence-corrected chi connectivity index (χ3v) is 5.25. The normalized spacial score (nSPS) is 15.4. The highest BCUT2D eigenvalue weighted by Crippen LogP contribution is 2.29. The van der Waals surface area contributed by atoms with Gasteiger partial charge in [0.1, 0.15) is 12.4 Å². The number of esters is 2. The summed E-state index contributed by atoms with van der Waals surface area (Å²) in [6, 6.07) is 7.26. The summed E-state index contributed by atoms with van der Waals surface area (Å²) in [6.45, 7) is 5.00. The number of aromatic nitrogens is 4. The van der Waals surface area contributed by atoms with E-state index in [0.29, 0.717) is 11.3 Å². The molecule has 0 spiro atoms. The van der Waals surface area contributed by atoms with Gasteiger partial charge in [-0.15, -0.1) is 5.10 Å². The number of hydrogen-bond acceptors (Lipinski definition) is 9. The fourth-order valence-electron chi connectivity index (χ4n) is 3.68. The number of ether oxygens (including phenoxy) is 3. The molecule has 1 aromatic carbocycles. The van der Waals surface area contributed by atoms with E-state index in [1.165, 1.54) is 11.6 Å². The molecule has 182 valence electrons. The Bertz CT molecular complexity index is 1330. The summed E-state index contributed by atoms with van der Waals surface area (Å²) in [7, 11) is 1.54. The van der Waals surface area contributed by atoms with E-state index in [2.05, 4.69) is 25.7 Å². The molecule has 1 aliphatic heterocycles. The Kier molecular flexibility index (Phi) is 6.62. The Labute approximate surface area is 200 Å². The van der Waals surface area contributed by atoms with Gasteiger partial charge in [0.25, 0.3) is 11.6 Å². The minimum absolute atomic E-state index is 0.0929. The Hall–Kier alpha value is -4.48. The molecule has 2 amide bonds. The molecule has 0 radical (unpaired) electrons. The number of fused-ring (bicyclic) bond motifs is 1. The molecule has 3 heterocycles. The van der Waals surface area contributed by atoms with Crippen molar-refractivity contribution >= 4 is 23.7 Å². The van der Waals surface area contributed by atoms with Crippen molar-refractivity contribution in [3.63, 3.8) is 0 Å². The van der Waals surface area contributed by atoms with Crippen molar-refractivity contribution in [1.29, 1.82) is 0 Å². The smallest absolute Gasteiger partial charge is 0.378 e. The number of nitrogens with one attached hydrogen (secondary N) is 2. The quantitative estimate of drug-likeness (QED) is 0.483. The predicted octanol–water partition coefficient (Wildman–Crippen LogP) is 1.78. The minimum Gasteiger partial charge on any atom is -0.497 e. The lowest BCUT2D eigenvalue weighted by atomic mass is 9.95. The molecule has 12 nitrogen and oxygen atoms in total. The van der Waals surface area contributed by atoms with E-state index in [1.54, 1.807) is 37.3 Å². The monoisotopic (exact) mass is 480 g/mol. The van der Waals surface area contributed by atoms with Crippen LogP contribution in [0.4, 0.5) is 4.79 Å². The first-order valence-electron chi connectivity index (χ1n) is 10.8. The van der Waals surface area contributed by atoms with Crippen molar-refractivity contribution in [2.24, 2.45) is 0 Å². The Morgan fingerprint density at radius 2 is 1.83 bits per heavy atom. The molecular weight excluding hydrogens is 456 g/mol. The van der Waals surface area contributed by atoms with Gasteiger partial charge in [-0.3, -0.25) is 0 Å². The van der Waals surface area contributed by atoms with Crippen LogP contribution >= 0.6 is 0 Å². The van der Waals surface area contributed by atoms with Gasteiger partial charge in [-0.1, -0.05) is 12.1 Å². The van der Waals surface area contributed by atoms with Crippen LogP contribution in [-0.4, -0.2) is 57.9 Å². The number of carbonyl (C=O) groups is 3. The maximum Gasteiger partial charge on any atom is 0.378 e. The second-order valence-electron chi connectivity index (χ2n) is 7.68. The zero-order chi connectivity index (χ0) is 25.1. The van der Waals surface area contributed by atoms with E-state index in [9.17, 15) is 14.4 Å². The fourth-order valence-corrected chi connectivity index (χ4v) is 3.68. The Balaban J connectivity index is 1.63. The zero-order valence-electron chi connectivity index (χ0n) is 19.6. The first-order valence-corrected chi connectivity index (χ1v) is 10.8. The first-order chi connectivity index (χ1) is 16.8. The van der Waals surface area contributed by atoms with Crippen LogP contribution in [0.15, 0.2) is 41.6 Å². The van der Waals surface area contributed by atoms with Gasteiger partial charge in [0.2, 0.25) is 0 Å². The second-order valence-corrected chi connectivity index (χ2v) is 7.68. The van der Waals surface area contributed by atoms with E-state index in [4.69, 9.17) is 14.2 Å². The van der Waals surface area contributed by atoms with Gasteiger partial charge in [0.05, 0.1) is 31.0 Å². The van der Waals surface area contributed by atoms with Crippen LogP contribution in [0.25, 0.3) is 5.78 Å². The summed E-state index contributed by atoms with van der Waals surface area (Å²) in [4.78, 5) is 46.3. The Morgan fingerprint density at radius 1 is 1.09 bits per heavy atom. The van der Waals surface area contributed by atoms with E-state index < -0.39 is 30.6 Å². The number of rotatable bonds is 7. The van der Waals surface area contributed by atoms with Gasteiger partial charge in [0, 0.05) is 11.4 Å². The number of carbonyl (C=O) groups excluding carboxylic acids is 3. The van der Waals surface area contributed by atoms with Crippen LogP contribution in [-0.2, 0) is 14.3 Å². The van der Waals surface area contributed by atoms with Crippen molar-refractivity contribution < 1.29 is 28.6 Å². The predicted molar refractivity (Wildman–Crippen MR) is 122 cm³/mol. The van der Waals surface area contributed by atoms with Gasteiger partial charge < -0.3 is 24.8 Å². The Morgan fingerprint density at radius 3 is 2.51 bits per heavy atom.